The van der Waals surface area contributed by atoms with Crippen LogP contribution in [-0.4, -0.2) is 18.3 Å². The van der Waals surface area contributed by atoms with Gasteiger partial charge in [0.15, 0.2) is 0 Å². The van der Waals surface area contributed by atoms with Crippen molar-refractivity contribution < 1.29 is 5.11 Å². The summed E-state index contributed by atoms with van der Waals surface area (Å²) in [5, 5.41) is 8.79. The quantitative estimate of drug-likeness (QED) is 0.0714. The Bertz CT molecular complexity index is 388. The van der Waals surface area contributed by atoms with Crippen molar-refractivity contribution in [1.29, 1.82) is 0 Å². The Balaban J connectivity index is 3.02. The SMILES string of the molecule is NCCCCCCCCCCCCCCCCCCCCCCCCCCCCCCCCCCCCCCCO. The number of unbranched alkanes of at least 4 members (excludes halogenated alkanes) is 36. The van der Waals surface area contributed by atoms with E-state index in [0.717, 1.165) is 13.0 Å². The zero-order valence-corrected chi connectivity index (χ0v) is 28.6. The summed E-state index contributed by atoms with van der Waals surface area (Å²) in [5.74, 6) is 0. The lowest BCUT2D eigenvalue weighted by atomic mass is 10.0. The standard InChI is InChI=1S/C39H81NO/c40-38-36-34-32-30-28-26-24-22-20-18-16-14-12-10-8-6-4-2-1-3-5-7-9-11-13-15-17-19-21-23-25-27-29-31-33-35-37-39-41/h41H,1-40H2. The molecule has 0 aromatic carbocycles. The maximum absolute atomic E-state index is 8.79. The van der Waals surface area contributed by atoms with Crippen molar-refractivity contribution in [3.63, 3.8) is 0 Å². The fourth-order valence-corrected chi connectivity index (χ4v) is 6.44. The first-order valence-corrected chi connectivity index (χ1v) is 19.7. The van der Waals surface area contributed by atoms with Gasteiger partial charge >= 0.3 is 0 Å². The Hall–Kier alpha value is -0.0800. The summed E-state index contributed by atoms with van der Waals surface area (Å²) in [6, 6.07) is 0. The minimum atomic E-state index is 0.373. The molecule has 0 heterocycles. The molecule has 0 aromatic rings. The summed E-state index contributed by atoms with van der Waals surface area (Å²) < 4.78 is 0. The molecule has 0 rings (SSSR count). The van der Waals surface area contributed by atoms with Crippen molar-refractivity contribution in [3.05, 3.63) is 0 Å². The molecular formula is C39H81NO. The monoisotopic (exact) mass is 580 g/mol. The maximum Gasteiger partial charge on any atom is 0.0431 e. The molecule has 3 N–H and O–H groups in total. The van der Waals surface area contributed by atoms with Crippen LogP contribution in [0.4, 0.5) is 0 Å². The van der Waals surface area contributed by atoms with E-state index in [0.29, 0.717) is 6.61 Å². The fourth-order valence-electron chi connectivity index (χ4n) is 6.44. The Morgan fingerprint density at radius 1 is 0.195 bits per heavy atom. The van der Waals surface area contributed by atoms with Crippen LogP contribution in [0.2, 0.25) is 0 Å². The highest BCUT2D eigenvalue weighted by molar-refractivity contribution is 4.53. The van der Waals surface area contributed by atoms with Crippen LogP contribution in [0, 0.1) is 0 Å². The summed E-state index contributed by atoms with van der Waals surface area (Å²) in [7, 11) is 0. The van der Waals surface area contributed by atoms with Crippen LogP contribution in [-0.2, 0) is 0 Å². The molecule has 0 fully saturated rings. The molecule has 41 heavy (non-hydrogen) atoms. The van der Waals surface area contributed by atoms with Gasteiger partial charge in [-0.05, 0) is 19.4 Å². The number of nitrogens with two attached hydrogens (primary N) is 1. The first-order chi connectivity index (χ1) is 20.4. The van der Waals surface area contributed by atoms with Gasteiger partial charge in [0.2, 0.25) is 0 Å². The summed E-state index contributed by atoms with van der Waals surface area (Å²) in [4.78, 5) is 0. The van der Waals surface area contributed by atoms with E-state index in [4.69, 9.17) is 10.8 Å². The Kier molecular flexibility index (Phi) is 39.8. The zero-order valence-electron chi connectivity index (χ0n) is 28.6. The predicted octanol–water partition coefficient (Wildman–Crippen LogP) is 13.4. The van der Waals surface area contributed by atoms with E-state index >= 15 is 0 Å². The van der Waals surface area contributed by atoms with Crippen molar-refractivity contribution in [2.24, 2.45) is 5.73 Å². The fraction of sp³-hybridized carbons (Fsp3) is 1.00. The number of hydrogen-bond acceptors (Lipinski definition) is 2. The molecule has 0 aliphatic rings. The van der Waals surface area contributed by atoms with Crippen LogP contribution in [0.25, 0.3) is 0 Å². The van der Waals surface area contributed by atoms with E-state index in [1.807, 2.05) is 0 Å². The summed E-state index contributed by atoms with van der Waals surface area (Å²) in [6.07, 6.45) is 52.9. The second-order valence-corrected chi connectivity index (χ2v) is 13.6. The number of aliphatic hydroxyl groups excluding tert-OH is 1. The van der Waals surface area contributed by atoms with Gasteiger partial charge in [-0.2, -0.15) is 0 Å². The highest BCUT2D eigenvalue weighted by Gasteiger charge is 1.97. The maximum atomic E-state index is 8.79. The van der Waals surface area contributed by atoms with E-state index in [-0.39, 0.29) is 0 Å². The molecule has 0 saturated heterocycles. The van der Waals surface area contributed by atoms with Crippen molar-refractivity contribution in [3.8, 4) is 0 Å². The van der Waals surface area contributed by atoms with Gasteiger partial charge in [-0.1, -0.05) is 225 Å². The van der Waals surface area contributed by atoms with Gasteiger partial charge in [-0.3, -0.25) is 0 Å². The summed E-state index contributed by atoms with van der Waals surface area (Å²) >= 11 is 0. The molecule has 0 atom stereocenters. The molecule has 0 spiro atoms. The molecule has 0 radical (unpaired) electrons. The third kappa shape index (κ3) is 39.9. The van der Waals surface area contributed by atoms with Gasteiger partial charge in [-0.25, -0.2) is 0 Å². The smallest absolute Gasteiger partial charge is 0.0431 e. The highest BCUT2D eigenvalue weighted by Crippen LogP contribution is 2.17. The summed E-state index contributed by atoms with van der Waals surface area (Å²) in [5.41, 5.74) is 5.55. The van der Waals surface area contributed by atoms with Crippen molar-refractivity contribution in [1.82, 2.24) is 0 Å². The molecule has 0 amide bonds. The minimum Gasteiger partial charge on any atom is -0.396 e. The third-order valence-electron chi connectivity index (χ3n) is 9.36. The molecule has 0 unspecified atom stereocenters. The third-order valence-corrected chi connectivity index (χ3v) is 9.36. The van der Waals surface area contributed by atoms with Gasteiger partial charge in [-0.15, -0.1) is 0 Å². The van der Waals surface area contributed by atoms with Gasteiger partial charge in [0, 0.05) is 6.61 Å². The van der Waals surface area contributed by atoms with E-state index in [1.165, 1.54) is 231 Å². The molecule has 0 bridgehead atoms. The topological polar surface area (TPSA) is 46.2 Å². The lowest BCUT2D eigenvalue weighted by molar-refractivity contribution is 0.282. The summed E-state index contributed by atoms with van der Waals surface area (Å²) in [6.45, 7) is 1.25. The lowest BCUT2D eigenvalue weighted by Gasteiger charge is -2.05. The zero-order chi connectivity index (χ0) is 29.6. The van der Waals surface area contributed by atoms with Crippen LogP contribution >= 0.6 is 0 Å². The molecule has 2 heteroatoms. The van der Waals surface area contributed by atoms with Crippen LogP contribution in [0.1, 0.15) is 238 Å². The van der Waals surface area contributed by atoms with Gasteiger partial charge in [0.05, 0.1) is 0 Å². The largest absolute Gasteiger partial charge is 0.396 e. The van der Waals surface area contributed by atoms with Crippen molar-refractivity contribution in [2.75, 3.05) is 13.2 Å². The average Bonchev–Trinajstić information content (AvgIpc) is 2.98. The number of aliphatic hydroxyl groups is 1. The van der Waals surface area contributed by atoms with Crippen LogP contribution in [0.15, 0.2) is 0 Å². The molecular weight excluding hydrogens is 498 g/mol. The molecule has 0 aromatic heterocycles. The highest BCUT2D eigenvalue weighted by atomic mass is 16.2. The van der Waals surface area contributed by atoms with E-state index in [9.17, 15) is 0 Å². The normalized spacial score (nSPS) is 11.6. The Morgan fingerprint density at radius 3 is 0.439 bits per heavy atom. The van der Waals surface area contributed by atoms with Crippen LogP contribution in [0.3, 0.4) is 0 Å². The first kappa shape index (κ1) is 40.9. The second-order valence-electron chi connectivity index (χ2n) is 13.6. The Labute approximate surface area is 261 Å². The predicted molar refractivity (Wildman–Crippen MR) is 187 cm³/mol. The van der Waals surface area contributed by atoms with Gasteiger partial charge < -0.3 is 10.8 Å². The lowest BCUT2D eigenvalue weighted by Crippen LogP contribution is -1.97. The first-order valence-electron chi connectivity index (χ1n) is 19.7. The molecule has 248 valence electrons. The number of rotatable bonds is 38. The number of hydrogen-bond donors (Lipinski definition) is 2. The second kappa shape index (κ2) is 39.9. The average molecular weight is 580 g/mol. The minimum absolute atomic E-state index is 0.373. The van der Waals surface area contributed by atoms with Crippen LogP contribution < -0.4 is 5.73 Å². The molecule has 0 aliphatic heterocycles. The molecule has 0 saturated carbocycles. The van der Waals surface area contributed by atoms with E-state index < -0.39 is 0 Å². The van der Waals surface area contributed by atoms with E-state index in [1.54, 1.807) is 0 Å². The van der Waals surface area contributed by atoms with Crippen molar-refractivity contribution >= 4 is 0 Å². The molecule has 2 nitrogen and oxygen atoms in total. The van der Waals surface area contributed by atoms with Crippen molar-refractivity contribution in [2.45, 2.75) is 238 Å². The van der Waals surface area contributed by atoms with Gasteiger partial charge in [0.25, 0.3) is 0 Å². The van der Waals surface area contributed by atoms with Crippen LogP contribution in [0.5, 0.6) is 0 Å². The van der Waals surface area contributed by atoms with Gasteiger partial charge in [0.1, 0.15) is 0 Å². The Morgan fingerprint density at radius 2 is 0.317 bits per heavy atom. The molecule has 0 aliphatic carbocycles. The van der Waals surface area contributed by atoms with E-state index in [2.05, 4.69) is 0 Å².